The molecule has 1 aliphatic heterocycles. The number of nitrogens with one attached hydrogen (secondary N) is 1. The Balaban J connectivity index is 2.07. The predicted octanol–water partition coefficient (Wildman–Crippen LogP) is 1.56. The number of halogens is 1. The van der Waals surface area contributed by atoms with Gasteiger partial charge in [0.05, 0.1) is 0 Å². The van der Waals surface area contributed by atoms with Gasteiger partial charge in [0.2, 0.25) is 0 Å². The molecule has 1 N–H and O–H groups in total. The number of likely N-dealkylation sites (N-methyl/N-ethyl adjacent to an activating group) is 1. The molecular weight excluding hydrogens is 229 g/mol. The zero-order valence-electron chi connectivity index (χ0n) is 11.2. The first-order chi connectivity index (χ1) is 8.65. The van der Waals surface area contributed by atoms with Crippen LogP contribution in [-0.2, 0) is 0 Å². The lowest BCUT2D eigenvalue weighted by Crippen LogP contribution is -2.44. The second-order valence-corrected chi connectivity index (χ2v) is 5.19. The van der Waals surface area contributed by atoms with E-state index in [9.17, 15) is 4.39 Å². The Bertz CT molecular complexity index is 381. The van der Waals surface area contributed by atoms with Crippen LogP contribution in [0.1, 0.15) is 6.42 Å². The fraction of sp³-hybridized carbons (Fsp3) is 0.571. The number of rotatable bonds is 3. The van der Waals surface area contributed by atoms with Gasteiger partial charge in [-0.3, -0.25) is 0 Å². The molecule has 1 fully saturated rings. The summed E-state index contributed by atoms with van der Waals surface area (Å²) in [5, 5.41) is 3.55. The number of hydrogen-bond acceptors (Lipinski definition) is 3. The van der Waals surface area contributed by atoms with Gasteiger partial charge in [0.15, 0.2) is 0 Å². The van der Waals surface area contributed by atoms with Gasteiger partial charge in [0.1, 0.15) is 5.82 Å². The lowest BCUT2D eigenvalue weighted by atomic mass is 10.2. The Labute approximate surface area is 109 Å². The van der Waals surface area contributed by atoms with Crippen LogP contribution in [0.2, 0.25) is 0 Å². The van der Waals surface area contributed by atoms with E-state index < -0.39 is 0 Å². The third-order valence-electron chi connectivity index (χ3n) is 3.24. The summed E-state index contributed by atoms with van der Waals surface area (Å²) in [5.41, 5.74) is 0.988. The van der Waals surface area contributed by atoms with Crippen molar-refractivity contribution in [1.29, 1.82) is 0 Å². The molecule has 100 valence electrons. The van der Waals surface area contributed by atoms with Crippen LogP contribution in [0.3, 0.4) is 0 Å². The van der Waals surface area contributed by atoms with Crippen molar-refractivity contribution in [3.8, 4) is 0 Å². The normalized spacial score (nSPS) is 21.1. The van der Waals surface area contributed by atoms with E-state index in [1.807, 2.05) is 6.07 Å². The SMILES string of the molecule is CN(C)CC1CN(c2cccc(F)c2)CCCN1. The summed E-state index contributed by atoms with van der Waals surface area (Å²) in [6.45, 7) is 3.96. The summed E-state index contributed by atoms with van der Waals surface area (Å²) in [4.78, 5) is 4.46. The van der Waals surface area contributed by atoms with E-state index in [1.54, 1.807) is 12.1 Å². The quantitative estimate of drug-likeness (QED) is 0.879. The van der Waals surface area contributed by atoms with Gasteiger partial charge in [-0.25, -0.2) is 4.39 Å². The van der Waals surface area contributed by atoms with Crippen molar-refractivity contribution < 1.29 is 4.39 Å². The number of benzene rings is 1. The lowest BCUT2D eigenvalue weighted by Gasteiger charge is -2.28. The molecule has 0 aromatic heterocycles. The first-order valence-corrected chi connectivity index (χ1v) is 6.54. The highest BCUT2D eigenvalue weighted by atomic mass is 19.1. The highest BCUT2D eigenvalue weighted by Gasteiger charge is 2.18. The summed E-state index contributed by atoms with van der Waals surface area (Å²) < 4.78 is 13.3. The molecule has 4 heteroatoms. The molecule has 1 aliphatic rings. The third-order valence-corrected chi connectivity index (χ3v) is 3.24. The Morgan fingerprint density at radius 3 is 3.00 bits per heavy atom. The maximum atomic E-state index is 13.3. The third kappa shape index (κ3) is 3.68. The van der Waals surface area contributed by atoms with Crippen molar-refractivity contribution in [2.75, 3.05) is 45.2 Å². The molecule has 0 radical (unpaired) electrons. The minimum absolute atomic E-state index is 0.158. The van der Waals surface area contributed by atoms with Gasteiger partial charge in [-0.1, -0.05) is 6.07 Å². The van der Waals surface area contributed by atoms with Crippen molar-refractivity contribution in [2.45, 2.75) is 12.5 Å². The molecule has 1 aromatic rings. The molecule has 1 unspecified atom stereocenters. The zero-order valence-corrected chi connectivity index (χ0v) is 11.2. The number of anilines is 1. The van der Waals surface area contributed by atoms with E-state index in [2.05, 4.69) is 29.2 Å². The monoisotopic (exact) mass is 251 g/mol. The predicted molar refractivity (Wildman–Crippen MR) is 73.6 cm³/mol. The van der Waals surface area contributed by atoms with Gasteiger partial charge >= 0.3 is 0 Å². The summed E-state index contributed by atoms with van der Waals surface area (Å²) >= 11 is 0. The van der Waals surface area contributed by atoms with Gasteiger partial charge in [-0.05, 0) is 45.3 Å². The van der Waals surface area contributed by atoms with E-state index in [0.717, 1.165) is 38.3 Å². The van der Waals surface area contributed by atoms with E-state index in [1.165, 1.54) is 6.07 Å². The molecule has 2 rings (SSSR count). The van der Waals surface area contributed by atoms with Crippen molar-refractivity contribution in [1.82, 2.24) is 10.2 Å². The largest absolute Gasteiger partial charge is 0.370 e. The smallest absolute Gasteiger partial charge is 0.125 e. The molecular formula is C14H22FN3. The minimum Gasteiger partial charge on any atom is -0.370 e. The second kappa shape index (κ2) is 6.16. The van der Waals surface area contributed by atoms with Crippen LogP contribution >= 0.6 is 0 Å². The standard InChI is InChI=1S/C14H22FN3/c1-17(2)10-13-11-18(8-4-7-16-13)14-6-3-5-12(15)9-14/h3,5-6,9,13,16H,4,7-8,10-11H2,1-2H3. The number of nitrogens with zero attached hydrogens (tertiary/aromatic N) is 2. The van der Waals surface area contributed by atoms with Gasteiger partial charge < -0.3 is 15.1 Å². The van der Waals surface area contributed by atoms with Crippen LogP contribution in [0.15, 0.2) is 24.3 Å². The van der Waals surface area contributed by atoms with Crippen LogP contribution in [0.4, 0.5) is 10.1 Å². The van der Waals surface area contributed by atoms with Crippen LogP contribution < -0.4 is 10.2 Å². The van der Waals surface area contributed by atoms with Crippen molar-refractivity contribution in [3.63, 3.8) is 0 Å². The van der Waals surface area contributed by atoms with E-state index in [4.69, 9.17) is 0 Å². The van der Waals surface area contributed by atoms with Crippen LogP contribution in [0.25, 0.3) is 0 Å². The first kappa shape index (κ1) is 13.3. The summed E-state index contributed by atoms with van der Waals surface area (Å²) in [7, 11) is 4.16. The zero-order chi connectivity index (χ0) is 13.0. The fourth-order valence-electron chi connectivity index (χ4n) is 2.47. The Morgan fingerprint density at radius 2 is 2.28 bits per heavy atom. The molecule has 0 aliphatic carbocycles. The minimum atomic E-state index is -0.158. The van der Waals surface area contributed by atoms with Crippen molar-refractivity contribution in [2.24, 2.45) is 0 Å². The average molecular weight is 251 g/mol. The first-order valence-electron chi connectivity index (χ1n) is 6.54. The van der Waals surface area contributed by atoms with Gasteiger partial charge in [0.25, 0.3) is 0 Å². The lowest BCUT2D eigenvalue weighted by molar-refractivity contribution is 0.346. The second-order valence-electron chi connectivity index (χ2n) is 5.19. The molecule has 0 amide bonds. The van der Waals surface area contributed by atoms with Crippen LogP contribution in [0.5, 0.6) is 0 Å². The molecule has 1 aromatic carbocycles. The molecule has 1 saturated heterocycles. The average Bonchev–Trinajstić information content (AvgIpc) is 2.54. The van der Waals surface area contributed by atoms with Crippen LogP contribution in [-0.4, -0.2) is 51.2 Å². The number of hydrogen-bond donors (Lipinski definition) is 1. The van der Waals surface area contributed by atoms with Crippen LogP contribution in [0, 0.1) is 5.82 Å². The fourth-order valence-corrected chi connectivity index (χ4v) is 2.47. The van der Waals surface area contributed by atoms with E-state index in [0.29, 0.717) is 6.04 Å². The van der Waals surface area contributed by atoms with Crippen molar-refractivity contribution in [3.05, 3.63) is 30.1 Å². The molecule has 0 spiro atoms. The maximum Gasteiger partial charge on any atom is 0.125 e. The molecule has 1 atom stereocenters. The topological polar surface area (TPSA) is 18.5 Å². The van der Waals surface area contributed by atoms with E-state index in [-0.39, 0.29) is 5.82 Å². The molecule has 1 heterocycles. The van der Waals surface area contributed by atoms with Gasteiger partial charge in [-0.2, -0.15) is 0 Å². The summed E-state index contributed by atoms with van der Waals surface area (Å²) in [6, 6.07) is 7.32. The molecule has 0 bridgehead atoms. The highest BCUT2D eigenvalue weighted by Crippen LogP contribution is 2.17. The Morgan fingerprint density at radius 1 is 1.44 bits per heavy atom. The summed E-state index contributed by atoms with van der Waals surface area (Å²) in [5.74, 6) is -0.158. The van der Waals surface area contributed by atoms with Gasteiger partial charge in [-0.15, -0.1) is 0 Å². The molecule has 3 nitrogen and oxygen atoms in total. The summed E-state index contributed by atoms with van der Waals surface area (Å²) in [6.07, 6.45) is 1.10. The van der Waals surface area contributed by atoms with Crippen molar-refractivity contribution >= 4 is 5.69 Å². The highest BCUT2D eigenvalue weighted by molar-refractivity contribution is 5.46. The van der Waals surface area contributed by atoms with Gasteiger partial charge in [0, 0.05) is 31.4 Å². The maximum absolute atomic E-state index is 13.3. The molecule has 0 saturated carbocycles. The van der Waals surface area contributed by atoms with E-state index >= 15 is 0 Å². The molecule has 18 heavy (non-hydrogen) atoms. The Kier molecular flexibility index (Phi) is 4.55. The Hall–Kier alpha value is -1.13.